The Kier molecular flexibility index (Phi) is 5.02. The van der Waals surface area contributed by atoms with E-state index in [2.05, 4.69) is 5.16 Å². The van der Waals surface area contributed by atoms with E-state index in [1.807, 2.05) is 32.9 Å². The van der Waals surface area contributed by atoms with E-state index in [-0.39, 0.29) is 0 Å². The van der Waals surface area contributed by atoms with Crippen molar-refractivity contribution >= 4 is 5.71 Å². The van der Waals surface area contributed by atoms with Gasteiger partial charge in [0.25, 0.3) is 6.26 Å². The largest absolute Gasteiger partial charge is 0.391 e. The molecule has 0 radical (unpaired) electrons. The van der Waals surface area contributed by atoms with E-state index in [0.717, 1.165) is 23.3 Å². The fourth-order valence-corrected chi connectivity index (χ4v) is 1.48. The smallest absolute Gasteiger partial charge is 0.292 e. The molecule has 0 atom stereocenters. The maximum Gasteiger partial charge on any atom is 0.292 e. The van der Waals surface area contributed by atoms with Crippen LogP contribution in [-0.2, 0) is 17.9 Å². The second-order valence-corrected chi connectivity index (χ2v) is 3.75. The SMILES string of the molecule is CCc1cccc(OC#N)c1CON=C(C)C. The minimum absolute atomic E-state index is 0.312. The average Bonchev–Trinajstić information content (AvgIpc) is 2.30. The maximum absolute atomic E-state index is 8.58. The van der Waals surface area contributed by atoms with Crippen LogP contribution in [-0.4, -0.2) is 5.71 Å². The molecular formula is C13H16N2O2. The predicted octanol–water partition coefficient (Wildman–Crippen LogP) is 3.02. The molecule has 0 amide bonds. The van der Waals surface area contributed by atoms with Crippen LogP contribution in [0.1, 0.15) is 31.9 Å². The zero-order valence-corrected chi connectivity index (χ0v) is 10.4. The van der Waals surface area contributed by atoms with Crippen molar-refractivity contribution < 1.29 is 9.57 Å². The monoisotopic (exact) mass is 232 g/mol. The Morgan fingerprint density at radius 3 is 2.76 bits per heavy atom. The summed E-state index contributed by atoms with van der Waals surface area (Å²) in [6.45, 7) is 6.08. The maximum atomic E-state index is 8.58. The minimum atomic E-state index is 0.312. The summed E-state index contributed by atoms with van der Waals surface area (Å²) in [5.41, 5.74) is 2.82. The van der Waals surface area contributed by atoms with Crippen LogP contribution < -0.4 is 4.74 Å². The predicted molar refractivity (Wildman–Crippen MR) is 65.6 cm³/mol. The molecule has 4 heteroatoms. The van der Waals surface area contributed by atoms with Crippen molar-refractivity contribution in [2.45, 2.75) is 33.8 Å². The topological polar surface area (TPSA) is 54.6 Å². The van der Waals surface area contributed by atoms with Crippen LogP contribution in [0.15, 0.2) is 23.4 Å². The second-order valence-electron chi connectivity index (χ2n) is 3.75. The van der Waals surface area contributed by atoms with Gasteiger partial charge in [-0.2, -0.15) is 0 Å². The number of nitriles is 1. The quantitative estimate of drug-likeness (QED) is 0.445. The number of aryl methyl sites for hydroxylation is 1. The van der Waals surface area contributed by atoms with Gasteiger partial charge in [-0.25, -0.2) is 0 Å². The molecule has 4 nitrogen and oxygen atoms in total. The van der Waals surface area contributed by atoms with Crippen molar-refractivity contribution in [3.05, 3.63) is 29.3 Å². The lowest BCUT2D eigenvalue weighted by Crippen LogP contribution is -1.99. The van der Waals surface area contributed by atoms with Crippen LogP contribution in [0.5, 0.6) is 5.75 Å². The summed E-state index contributed by atoms with van der Waals surface area (Å²) in [6.07, 6.45) is 2.54. The Balaban J connectivity index is 2.93. The number of nitrogens with zero attached hydrogens (tertiary/aromatic N) is 2. The lowest BCUT2D eigenvalue weighted by Gasteiger charge is -2.10. The van der Waals surface area contributed by atoms with Gasteiger partial charge < -0.3 is 9.57 Å². The molecule has 1 aromatic rings. The van der Waals surface area contributed by atoms with E-state index in [1.165, 1.54) is 0 Å². The standard InChI is InChI=1S/C13H16N2O2/c1-4-11-6-5-7-13(16-9-14)12(11)8-17-15-10(2)3/h5-7H,4,8H2,1-3H3. The fraction of sp³-hybridized carbons (Fsp3) is 0.385. The molecule has 0 fully saturated rings. The van der Waals surface area contributed by atoms with Crippen LogP contribution in [0.25, 0.3) is 0 Å². The number of hydrogen-bond acceptors (Lipinski definition) is 4. The lowest BCUT2D eigenvalue weighted by molar-refractivity contribution is 0.128. The van der Waals surface area contributed by atoms with Crippen molar-refractivity contribution in [3.8, 4) is 12.0 Å². The Morgan fingerprint density at radius 1 is 1.41 bits per heavy atom. The molecule has 90 valence electrons. The number of hydrogen-bond donors (Lipinski definition) is 0. The highest BCUT2D eigenvalue weighted by atomic mass is 16.6. The zero-order valence-electron chi connectivity index (χ0n) is 10.4. The molecule has 0 spiro atoms. The molecule has 0 aliphatic heterocycles. The summed E-state index contributed by atoms with van der Waals surface area (Å²) in [5, 5.41) is 12.5. The molecule has 1 aromatic carbocycles. The molecule has 0 aliphatic rings. The van der Waals surface area contributed by atoms with Gasteiger partial charge in [0.1, 0.15) is 12.4 Å². The summed E-state index contributed by atoms with van der Waals surface area (Å²) in [5.74, 6) is 0.538. The first-order chi connectivity index (χ1) is 8.19. The second kappa shape index (κ2) is 6.54. The molecular weight excluding hydrogens is 216 g/mol. The average molecular weight is 232 g/mol. The van der Waals surface area contributed by atoms with E-state index < -0.39 is 0 Å². The minimum Gasteiger partial charge on any atom is -0.391 e. The first-order valence-corrected chi connectivity index (χ1v) is 5.48. The summed E-state index contributed by atoms with van der Waals surface area (Å²) >= 11 is 0. The van der Waals surface area contributed by atoms with Crippen molar-refractivity contribution in [3.63, 3.8) is 0 Å². The molecule has 1 rings (SSSR count). The summed E-state index contributed by atoms with van der Waals surface area (Å²) in [6, 6.07) is 5.61. The molecule has 0 unspecified atom stereocenters. The van der Waals surface area contributed by atoms with Gasteiger partial charge >= 0.3 is 0 Å². The van der Waals surface area contributed by atoms with Gasteiger partial charge in [-0.1, -0.05) is 24.2 Å². The summed E-state index contributed by atoms with van der Waals surface area (Å²) < 4.78 is 4.91. The van der Waals surface area contributed by atoms with Crippen LogP contribution in [0, 0.1) is 11.5 Å². The van der Waals surface area contributed by atoms with Gasteiger partial charge in [0.05, 0.1) is 5.71 Å². The van der Waals surface area contributed by atoms with Crippen molar-refractivity contribution in [1.82, 2.24) is 0 Å². The summed E-state index contributed by atoms with van der Waals surface area (Å²) in [7, 11) is 0. The first-order valence-electron chi connectivity index (χ1n) is 5.48. The lowest BCUT2D eigenvalue weighted by atomic mass is 10.1. The van der Waals surface area contributed by atoms with E-state index in [1.54, 1.807) is 12.3 Å². The van der Waals surface area contributed by atoms with Crippen LogP contribution in [0.3, 0.4) is 0 Å². The van der Waals surface area contributed by atoms with E-state index in [4.69, 9.17) is 14.8 Å². The number of ether oxygens (including phenoxy) is 1. The third kappa shape index (κ3) is 3.80. The Hall–Kier alpha value is -2.02. The fourth-order valence-electron chi connectivity index (χ4n) is 1.48. The van der Waals surface area contributed by atoms with Crippen molar-refractivity contribution in [1.29, 1.82) is 5.26 Å². The summed E-state index contributed by atoms with van der Waals surface area (Å²) in [4.78, 5) is 5.21. The Bertz CT molecular complexity index is 443. The molecule has 0 bridgehead atoms. The highest BCUT2D eigenvalue weighted by Gasteiger charge is 2.09. The third-order valence-corrected chi connectivity index (χ3v) is 2.22. The molecule has 0 N–H and O–H groups in total. The van der Waals surface area contributed by atoms with Crippen molar-refractivity contribution in [2.24, 2.45) is 5.16 Å². The Morgan fingerprint density at radius 2 is 2.18 bits per heavy atom. The Labute approximate surface area is 101 Å². The highest BCUT2D eigenvalue weighted by Crippen LogP contribution is 2.24. The van der Waals surface area contributed by atoms with Crippen LogP contribution in [0.2, 0.25) is 0 Å². The molecule has 0 heterocycles. The van der Waals surface area contributed by atoms with Gasteiger partial charge in [-0.15, -0.1) is 5.26 Å². The van der Waals surface area contributed by atoms with Crippen LogP contribution in [0.4, 0.5) is 0 Å². The number of rotatable bonds is 5. The van der Waals surface area contributed by atoms with Gasteiger partial charge in [0, 0.05) is 5.56 Å². The normalized spacial score (nSPS) is 9.29. The van der Waals surface area contributed by atoms with E-state index in [9.17, 15) is 0 Å². The van der Waals surface area contributed by atoms with Gasteiger partial charge in [0.15, 0.2) is 0 Å². The van der Waals surface area contributed by atoms with Crippen molar-refractivity contribution in [2.75, 3.05) is 0 Å². The van der Waals surface area contributed by atoms with Crippen LogP contribution >= 0.6 is 0 Å². The van der Waals surface area contributed by atoms with Gasteiger partial charge in [-0.3, -0.25) is 0 Å². The van der Waals surface area contributed by atoms with Gasteiger partial charge in [-0.05, 0) is 31.9 Å². The molecule has 0 aromatic heterocycles. The molecule has 0 saturated carbocycles. The molecule has 0 saturated heterocycles. The highest BCUT2D eigenvalue weighted by molar-refractivity contribution is 5.78. The number of benzene rings is 1. The molecule has 17 heavy (non-hydrogen) atoms. The van der Waals surface area contributed by atoms with E-state index in [0.29, 0.717) is 12.4 Å². The third-order valence-electron chi connectivity index (χ3n) is 2.22. The zero-order chi connectivity index (χ0) is 12.7. The molecule has 0 aliphatic carbocycles. The first kappa shape index (κ1) is 13.0. The number of oxime groups is 1. The van der Waals surface area contributed by atoms with Gasteiger partial charge in [0.2, 0.25) is 0 Å². The van der Waals surface area contributed by atoms with E-state index >= 15 is 0 Å².